The van der Waals surface area contributed by atoms with E-state index >= 15 is 0 Å². The van der Waals surface area contributed by atoms with Crippen molar-refractivity contribution in [2.75, 3.05) is 14.2 Å². The van der Waals surface area contributed by atoms with Gasteiger partial charge in [0.05, 0.1) is 14.2 Å². The van der Waals surface area contributed by atoms with Crippen molar-refractivity contribution in [3.05, 3.63) is 59.2 Å². The molecule has 0 amide bonds. The number of halogens is 2. The molecule has 0 aliphatic rings. The van der Waals surface area contributed by atoms with Gasteiger partial charge in [0.1, 0.15) is 23.1 Å². The van der Waals surface area contributed by atoms with Gasteiger partial charge in [-0.2, -0.15) is 0 Å². The maximum Gasteiger partial charge on any atom is 0.123 e. The fraction of sp³-hybridized carbons (Fsp3) is 0.455. The Hall–Kier alpha value is -2.10. The van der Waals surface area contributed by atoms with Crippen LogP contribution in [0.3, 0.4) is 0 Å². The number of methoxy groups -OCH3 is 2. The van der Waals surface area contributed by atoms with Crippen molar-refractivity contribution in [1.29, 1.82) is 0 Å². The zero-order valence-corrected chi connectivity index (χ0v) is 16.0. The summed E-state index contributed by atoms with van der Waals surface area (Å²) in [5.41, 5.74) is 1.79. The third-order valence-electron chi connectivity index (χ3n) is 4.87. The summed E-state index contributed by atoms with van der Waals surface area (Å²) in [6.07, 6.45) is 3.47. The molecule has 4 heteroatoms. The van der Waals surface area contributed by atoms with Gasteiger partial charge < -0.3 is 9.47 Å². The molecule has 2 nitrogen and oxygen atoms in total. The largest absolute Gasteiger partial charge is 0.496 e. The molecule has 1 unspecified atom stereocenters. The average molecular weight is 362 g/mol. The normalized spacial score (nSPS) is 13.3. The van der Waals surface area contributed by atoms with Gasteiger partial charge in [0, 0.05) is 0 Å². The smallest absolute Gasteiger partial charge is 0.123 e. The highest BCUT2D eigenvalue weighted by Gasteiger charge is 2.17. The topological polar surface area (TPSA) is 18.5 Å². The van der Waals surface area contributed by atoms with Crippen LogP contribution in [0.2, 0.25) is 0 Å². The lowest BCUT2D eigenvalue weighted by Crippen LogP contribution is -2.12. The molecule has 0 bridgehead atoms. The van der Waals surface area contributed by atoms with E-state index in [1.165, 1.54) is 12.1 Å². The van der Waals surface area contributed by atoms with Crippen molar-refractivity contribution >= 4 is 0 Å². The molecule has 0 saturated carbocycles. The van der Waals surface area contributed by atoms with E-state index in [2.05, 4.69) is 13.8 Å². The first kappa shape index (κ1) is 20.2. The predicted molar refractivity (Wildman–Crippen MR) is 101 cm³/mol. The SMILES string of the molecule is CCC(Cc1cc(F)ccc1OC)C[C@@H](C)Cc1cc(F)ccc1OC. The molecule has 0 aliphatic heterocycles. The van der Waals surface area contributed by atoms with E-state index < -0.39 is 0 Å². The summed E-state index contributed by atoms with van der Waals surface area (Å²) in [6, 6.07) is 9.29. The summed E-state index contributed by atoms with van der Waals surface area (Å²) in [7, 11) is 3.21. The van der Waals surface area contributed by atoms with E-state index in [9.17, 15) is 8.78 Å². The summed E-state index contributed by atoms with van der Waals surface area (Å²) in [5, 5.41) is 0. The maximum absolute atomic E-state index is 13.6. The zero-order chi connectivity index (χ0) is 19.1. The first-order valence-corrected chi connectivity index (χ1v) is 9.11. The van der Waals surface area contributed by atoms with Crippen LogP contribution in [-0.2, 0) is 12.8 Å². The Labute approximate surface area is 155 Å². The fourth-order valence-electron chi connectivity index (χ4n) is 3.55. The molecule has 0 N–H and O–H groups in total. The van der Waals surface area contributed by atoms with Crippen LogP contribution in [0.4, 0.5) is 8.78 Å². The lowest BCUT2D eigenvalue weighted by molar-refractivity contribution is 0.357. The molecule has 0 aromatic heterocycles. The summed E-state index contributed by atoms with van der Waals surface area (Å²) in [4.78, 5) is 0. The predicted octanol–water partition coefficient (Wildman–Crippen LogP) is 5.82. The van der Waals surface area contributed by atoms with Gasteiger partial charge in [0.2, 0.25) is 0 Å². The van der Waals surface area contributed by atoms with Crippen LogP contribution in [0.25, 0.3) is 0 Å². The average Bonchev–Trinajstić information content (AvgIpc) is 2.61. The number of rotatable bonds is 9. The summed E-state index contributed by atoms with van der Waals surface area (Å²) < 4.78 is 37.9. The van der Waals surface area contributed by atoms with Crippen LogP contribution in [0.15, 0.2) is 36.4 Å². The molecule has 142 valence electrons. The van der Waals surface area contributed by atoms with Crippen LogP contribution in [-0.4, -0.2) is 14.2 Å². The fourth-order valence-corrected chi connectivity index (χ4v) is 3.55. The molecule has 2 rings (SSSR count). The summed E-state index contributed by atoms with van der Waals surface area (Å²) in [6.45, 7) is 4.31. The van der Waals surface area contributed by atoms with E-state index in [1.807, 2.05) is 0 Å². The van der Waals surface area contributed by atoms with Crippen molar-refractivity contribution < 1.29 is 18.3 Å². The zero-order valence-electron chi connectivity index (χ0n) is 16.0. The minimum Gasteiger partial charge on any atom is -0.496 e. The van der Waals surface area contributed by atoms with Crippen LogP contribution >= 0.6 is 0 Å². The Bertz CT molecular complexity index is 715. The second-order valence-electron chi connectivity index (χ2n) is 6.94. The van der Waals surface area contributed by atoms with Gasteiger partial charge in [0.25, 0.3) is 0 Å². The minimum absolute atomic E-state index is 0.242. The Balaban J connectivity index is 2.06. The molecular weight excluding hydrogens is 334 g/mol. The molecule has 0 radical (unpaired) electrons. The monoisotopic (exact) mass is 362 g/mol. The van der Waals surface area contributed by atoms with E-state index in [4.69, 9.17) is 9.47 Å². The Morgan fingerprint density at radius 1 is 0.846 bits per heavy atom. The van der Waals surface area contributed by atoms with Crippen LogP contribution < -0.4 is 9.47 Å². The van der Waals surface area contributed by atoms with Gasteiger partial charge in [-0.05, 0) is 78.6 Å². The van der Waals surface area contributed by atoms with Gasteiger partial charge in [-0.1, -0.05) is 20.3 Å². The maximum atomic E-state index is 13.6. The van der Waals surface area contributed by atoms with Crippen LogP contribution in [0, 0.1) is 23.5 Å². The second kappa shape index (κ2) is 9.56. The highest BCUT2D eigenvalue weighted by molar-refractivity contribution is 5.35. The molecule has 2 aromatic rings. The van der Waals surface area contributed by atoms with Gasteiger partial charge in [-0.25, -0.2) is 8.78 Å². The third kappa shape index (κ3) is 5.45. The van der Waals surface area contributed by atoms with Crippen LogP contribution in [0.1, 0.15) is 37.8 Å². The lowest BCUT2D eigenvalue weighted by atomic mass is 9.85. The minimum atomic E-state index is -0.246. The number of hydrogen-bond donors (Lipinski definition) is 0. The number of hydrogen-bond acceptors (Lipinski definition) is 2. The highest BCUT2D eigenvalue weighted by atomic mass is 19.1. The molecule has 2 aromatic carbocycles. The Morgan fingerprint density at radius 3 is 1.81 bits per heavy atom. The number of ether oxygens (including phenoxy) is 2. The van der Waals surface area contributed by atoms with Gasteiger partial charge in [-0.3, -0.25) is 0 Å². The van der Waals surface area contributed by atoms with Crippen molar-refractivity contribution in [2.45, 2.75) is 39.5 Å². The molecular formula is C22H28F2O2. The van der Waals surface area contributed by atoms with Crippen molar-refractivity contribution in [3.63, 3.8) is 0 Å². The molecule has 0 heterocycles. The summed E-state index contributed by atoms with van der Waals surface area (Å²) >= 11 is 0. The van der Waals surface area contributed by atoms with E-state index in [0.717, 1.165) is 48.3 Å². The summed E-state index contributed by atoms with van der Waals surface area (Å²) in [5.74, 6) is 1.72. The van der Waals surface area contributed by atoms with Gasteiger partial charge in [-0.15, -0.1) is 0 Å². The van der Waals surface area contributed by atoms with Crippen molar-refractivity contribution in [3.8, 4) is 11.5 Å². The molecule has 0 saturated heterocycles. The van der Waals surface area contributed by atoms with Crippen molar-refractivity contribution in [1.82, 2.24) is 0 Å². The highest BCUT2D eigenvalue weighted by Crippen LogP contribution is 2.30. The quantitative estimate of drug-likeness (QED) is 0.560. The lowest BCUT2D eigenvalue weighted by Gasteiger charge is -2.21. The van der Waals surface area contributed by atoms with Gasteiger partial charge >= 0.3 is 0 Å². The van der Waals surface area contributed by atoms with E-state index in [0.29, 0.717) is 11.8 Å². The third-order valence-corrected chi connectivity index (χ3v) is 4.87. The van der Waals surface area contributed by atoms with Crippen LogP contribution in [0.5, 0.6) is 11.5 Å². The first-order valence-electron chi connectivity index (χ1n) is 9.11. The molecule has 26 heavy (non-hydrogen) atoms. The van der Waals surface area contributed by atoms with Gasteiger partial charge in [0.15, 0.2) is 0 Å². The van der Waals surface area contributed by atoms with E-state index in [-0.39, 0.29) is 11.6 Å². The van der Waals surface area contributed by atoms with Crippen molar-refractivity contribution in [2.24, 2.45) is 11.8 Å². The molecule has 0 spiro atoms. The van der Waals surface area contributed by atoms with E-state index in [1.54, 1.807) is 38.5 Å². The second-order valence-corrected chi connectivity index (χ2v) is 6.94. The molecule has 0 fully saturated rings. The molecule has 2 atom stereocenters. The first-order chi connectivity index (χ1) is 12.5. The Kier molecular flexibility index (Phi) is 7.43. The Morgan fingerprint density at radius 2 is 1.35 bits per heavy atom. The standard InChI is InChI=1S/C22H28F2O2/c1-5-16(12-18-14-20(24)7-9-22(18)26-4)10-15(2)11-17-13-19(23)6-8-21(17)25-3/h6-9,13-16H,5,10-12H2,1-4H3/t15-,16?/m1/s1. The number of benzene rings is 2. The molecule has 0 aliphatic carbocycles.